The highest BCUT2D eigenvalue weighted by Gasteiger charge is 2.47. The molecular formula is C22H30N2O4. The SMILES string of the molecule is O=C(O)CCC/C=C\C[C@@H]1C(CCNC(=O)Nc2ccccc2)[C@H]2CC[C@@H]1O2. The minimum Gasteiger partial charge on any atom is -0.481 e. The number of rotatable bonds is 10. The van der Waals surface area contributed by atoms with Crippen LogP contribution in [0.1, 0.15) is 44.9 Å². The van der Waals surface area contributed by atoms with Crippen molar-refractivity contribution in [2.24, 2.45) is 11.8 Å². The molecule has 3 N–H and O–H groups in total. The number of benzene rings is 1. The van der Waals surface area contributed by atoms with Gasteiger partial charge in [-0.2, -0.15) is 0 Å². The zero-order valence-electron chi connectivity index (χ0n) is 16.2. The van der Waals surface area contributed by atoms with E-state index in [9.17, 15) is 9.59 Å². The van der Waals surface area contributed by atoms with E-state index in [4.69, 9.17) is 9.84 Å². The highest BCUT2D eigenvalue weighted by molar-refractivity contribution is 5.89. The first-order valence-electron chi connectivity index (χ1n) is 10.3. The van der Waals surface area contributed by atoms with Gasteiger partial charge in [0, 0.05) is 18.7 Å². The molecule has 4 atom stereocenters. The number of amides is 2. The lowest BCUT2D eigenvalue weighted by atomic mass is 9.76. The molecule has 2 fully saturated rings. The number of carboxylic acid groups (broad SMARTS) is 1. The Kier molecular flexibility index (Phi) is 7.48. The number of aliphatic carboxylic acids is 1. The van der Waals surface area contributed by atoms with Crippen molar-refractivity contribution in [1.82, 2.24) is 5.32 Å². The van der Waals surface area contributed by atoms with E-state index in [0.29, 0.717) is 37.0 Å². The maximum absolute atomic E-state index is 12.0. The van der Waals surface area contributed by atoms with Crippen LogP contribution >= 0.6 is 0 Å². The molecule has 0 spiro atoms. The molecule has 2 aliphatic rings. The quantitative estimate of drug-likeness (QED) is 0.415. The minimum atomic E-state index is -0.737. The Balaban J connectivity index is 1.40. The van der Waals surface area contributed by atoms with Gasteiger partial charge >= 0.3 is 12.0 Å². The zero-order chi connectivity index (χ0) is 19.8. The van der Waals surface area contributed by atoms with Gasteiger partial charge in [0.05, 0.1) is 12.2 Å². The Morgan fingerprint density at radius 1 is 1.11 bits per heavy atom. The lowest BCUT2D eigenvalue weighted by Crippen LogP contribution is -2.34. The number of nitrogens with one attached hydrogen (secondary N) is 2. The summed E-state index contributed by atoms with van der Waals surface area (Å²) in [5, 5.41) is 14.5. The molecular weight excluding hydrogens is 356 g/mol. The summed E-state index contributed by atoms with van der Waals surface area (Å²) in [6.45, 7) is 0.634. The highest BCUT2D eigenvalue weighted by Crippen LogP contribution is 2.46. The van der Waals surface area contributed by atoms with Gasteiger partial charge in [-0.15, -0.1) is 0 Å². The molecule has 3 rings (SSSR count). The summed E-state index contributed by atoms with van der Waals surface area (Å²) in [5.74, 6) is 0.228. The molecule has 2 aliphatic heterocycles. The number of unbranched alkanes of at least 4 members (excludes halogenated alkanes) is 1. The van der Waals surface area contributed by atoms with Crippen molar-refractivity contribution in [2.75, 3.05) is 11.9 Å². The van der Waals surface area contributed by atoms with Crippen molar-refractivity contribution in [3.05, 3.63) is 42.5 Å². The average molecular weight is 386 g/mol. The topological polar surface area (TPSA) is 87.7 Å². The maximum Gasteiger partial charge on any atom is 0.319 e. The molecule has 0 radical (unpaired) electrons. The number of hydrogen-bond donors (Lipinski definition) is 3. The average Bonchev–Trinajstić information content (AvgIpc) is 3.27. The number of carboxylic acids is 1. The third-order valence-corrected chi connectivity index (χ3v) is 5.72. The van der Waals surface area contributed by atoms with Gasteiger partial charge < -0.3 is 20.5 Å². The predicted octanol–water partition coefficient (Wildman–Crippen LogP) is 4.19. The van der Waals surface area contributed by atoms with Crippen LogP contribution in [0.3, 0.4) is 0 Å². The minimum absolute atomic E-state index is 0.176. The monoisotopic (exact) mass is 386 g/mol. The Morgan fingerprint density at radius 2 is 1.86 bits per heavy atom. The lowest BCUT2D eigenvalue weighted by Gasteiger charge is -2.27. The summed E-state index contributed by atoms with van der Waals surface area (Å²) >= 11 is 0. The van der Waals surface area contributed by atoms with E-state index in [1.807, 2.05) is 30.3 Å². The number of hydrogen-bond acceptors (Lipinski definition) is 3. The molecule has 6 nitrogen and oxygen atoms in total. The molecule has 28 heavy (non-hydrogen) atoms. The van der Waals surface area contributed by atoms with Gasteiger partial charge in [-0.1, -0.05) is 30.4 Å². The summed E-state index contributed by atoms with van der Waals surface area (Å²) in [7, 11) is 0. The van der Waals surface area contributed by atoms with Crippen LogP contribution in [0.25, 0.3) is 0 Å². The van der Waals surface area contributed by atoms with E-state index >= 15 is 0 Å². The summed E-state index contributed by atoms with van der Waals surface area (Å²) in [5.41, 5.74) is 0.786. The number of urea groups is 1. The number of allylic oxidation sites excluding steroid dienone is 2. The van der Waals surface area contributed by atoms with Crippen LogP contribution in [-0.4, -0.2) is 35.9 Å². The van der Waals surface area contributed by atoms with E-state index in [0.717, 1.165) is 37.8 Å². The molecule has 0 saturated carbocycles. The fourth-order valence-electron chi connectivity index (χ4n) is 4.39. The Hall–Kier alpha value is -2.34. The van der Waals surface area contributed by atoms with Gasteiger partial charge in [0.2, 0.25) is 0 Å². The van der Waals surface area contributed by atoms with Crippen molar-refractivity contribution in [1.29, 1.82) is 0 Å². The molecule has 2 amide bonds. The van der Waals surface area contributed by atoms with Crippen LogP contribution in [0.2, 0.25) is 0 Å². The number of para-hydroxylation sites is 1. The van der Waals surface area contributed by atoms with Crippen LogP contribution in [0.4, 0.5) is 10.5 Å². The van der Waals surface area contributed by atoms with Crippen LogP contribution in [0.15, 0.2) is 42.5 Å². The normalized spacial score (nSPS) is 25.9. The van der Waals surface area contributed by atoms with E-state index in [1.54, 1.807) is 0 Å². The van der Waals surface area contributed by atoms with Gasteiger partial charge in [0.25, 0.3) is 0 Å². The van der Waals surface area contributed by atoms with Crippen LogP contribution < -0.4 is 10.6 Å². The predicted molar refractivity (Wildman–Crippen MR) is 108 cm³/mol. The molecule has 152 valence electrons. The number of anilines is 1. The van der Waals surface area contributed by atoms with Crippen molar-refractivity contribution in [3.8, 4) is 0 Å². The van der Waals surface area contributed by atoms with Crippen LogP contribution in [0.5, 0.6) is 0 Å². The Morgan fingerprint density at radius 3 is 2.61 bits per heavy atom. The van der Waals surface area contributed by atoms with Crippen molar-refractivity contribution < 1.29 is 19.4 Å². The standard InChI is InChI=1S/C22H30N2O4/c25-21(26)11-7-2-1-6-10-17-18(20-13-12-19(17)28-20)14-15-23-22(27)24-16-8-4-3-5-9-16/h1,3-6,8-9,17-20H,2,7,10-15H2,(H,25,26)(H2,23,24,27)/b6-1-/t17-,18?,19+,20-/m1/s1. The second-order valence-corrected chi connectivity index (χ2v) is 7.65. The number of carbonyl (C=O) groups excluding carboxylic acids is 1. The second-order valence-electron chi connectivity index (χ2n) is 7.65. The summed E-state index contributed by atoms with van der Waals surface area (Å²) in [4.78, 5) is 22.6. The Labute approximate surface area is 166 Å². The van der Waals surface area contributed by atoms with Crippen molar-refractivity contribution in [3.63, 3.8) is 0 Å². The molecule has 1 unspecified atom stereocenters. The molecule has 2 saturated heterocycles. The fourth-order valence-corrected chi connectivity index (χ4v) is 4.39. The molecule has 1 aromatic carbocycles. The second kappa shape index (κ2) is 10.3. The van der Waals surface area contributed by atoms with Gasteiger partial charge in [0.1, 0.15) is 0 Å². The van der Waals surface area contributed by atoms with Crippen molar-refractivity contribution in [2.45, 2.75) is 57.2 Å². The summed E-state index contributed by atoms with van der Waals surface area (Å²) in [6.07, 6.45) is 10.8. The first kappa shape index (κ1) is 20.4. The number of carbonyl (C=O) groups is 2. The van der Waals surface area contributed by atoms with Crippen LogP contribution in [-0.2, 0) is 9.53 Å². The van der Waals surface area contributed by atoms with Crippen molar-refractivity contribution >= 4 is 17.7 Å². The van der Waals surface area contributed by atoms with E-state index in [-0.39, 0.29) is 12.5 Å². The van der Waals surface area contributed by atoms with E-state index in [2.05, 4.69) is 22.8 Å². The maximum atomic E-state index is 12.0. The first-order chi connectivity index (χ1) is 13.6. The largest absolute Gasteiger partial charge is 0.481 e. The number of fused-ring (bicyclic) bond motifs is 2. The van der Waals surface area contributed by atoms with Gasteiger partial charge in [-0.05, 0) is 62.5 Å². The van der Waals surface area contributed by atoms with Gasteiger partial charge in [0.15, 0.2) is 0 Å². The molecule has 6 heteroatoms. The van der Waals surface area contributed by atoms with E-state index < -0.39 is 5.97 Å². The highest BCUT2D eigenvalue weighted by atomic mass is 16.5. The lowest BCUT2D eigenvalue weighted by molar-refractivity contribution is -0.137. The smallest absolute Gasteiger partial charge is 0.319 e. The zero-order valence-corrected chi connectivity index (χ0v) is 16.2. The Bertz CT molecular complexity index is 676. The molecule has 2 bridgehead atoms. The van der Waals surface area contributed by atoms with Gasteiger partial charge in [-0.25, -0.2) is 4.79 Å². The number of ether oxygens (including phenoxy) is 1. The molecule has 1 aromatic rings. The van der Waals surface area contributed by atoms with E-state index in [1.165, 1.54) is 0 Å². The third-order valence-electron chi connectivity index (χ3n) is 5.72. The molecule has 0 aliphatic carbocycles. The van der Waals surface area contributed by atoms with Gasteiger partial charge in [-0.3, -0.25) is 4.79 Å². The third kappa shape index (κ3) is 5.83. The fraction of sp³-hybridized carbons (Fsp3) is 0.545. The molecule has 0 aromatic heterocycles. The van der Waals surface area contributed by atoms with Crippen LogP contribution in [0, 0.1) is 11.8 Å². The molecule has 2 heterocycles. The summed E-state index contributed by atoms with van der Waals surface area (Å²) < 4.78 is 6.12. The summed E-state index contributed by atoms with van der Waals surface area (Å²) in [6, 6.07) is 9.25. The first-order valence-corrected chi connectivity index (χ1v) is 10.3.